The Labute approximate surface area is 317 Å². The second-order valence-electron chi connectivity index (χ2n) is 15.8. The third-order valence-corrected chi connectivity index (χ3v) is 11.1. The zero-order valence-corrected chi connectivity index (χ0v) is 33.8. The fourth-order valence-corrected chi connectivity index (χ4v) is 7.79. The van der Waals surface area contributed by atoms with Crippen LogP contribution in [-0.4, -0.2) is 46.4 Å². The van der Waals surface area contributed by atoms with Crippen LogP contribution in [0.5, 0.6) is 0 Å². The van der Waals surface area contributed by atoms with E-state index in [0.717, 1.165) is 77.0 Å². The van der Waals surface area contributed by atoms with E-state index in [1.54, 1.807) is 0 Å². The molecular weight excluding hydrogens is 664 g/mol. The molecule has 51 heavy (non-hydrogen) atoms. The normalized spacial score (nSPS) is 16.2. The van der Waals surface area contributed by atoms with Crippen LogP contribution >= 0.6 is 11.6 Å². The number of carbonyl (C=O) groups excluding carboxylic acids is 2. The molecule has 0 aliphatic heterocycles. The van der Waals surface area contributed by atoms with Crippen molar-refractivity contribution in [3.63, 3.8) is 0 Å². The van der Waals surface area contributed by atoms with Crippen LogP contribution in [0.1, 0.15) is 219 Å². The molecule has 2 saturated carbocycles. The van der Waals surface area contributed by atoms with Crippen molar-refractivity contribution >= 4 is 34.7 Å². The van der Waals surface area contributed by atoms with Gasteiger partial charge in [0.2, 0.25) is 11.1 Å². The van der Waals surface area contributed by atoms with Gasteiger partial charge in [-0.05, 0) is 67.5 Å². The molecule has 0 atom stereocenters. The second kappa shape index (κ2) is 32.9. The van der Waals surface area contributed by atoms with Crippen molar-refractivity contribution in [1.82, 2.24) is 5.32 Å². The van der Waals surface area contributed by atoms with Crippen molar-refractivity contribution in [2.75, 3.05) is 13.1 Å². The number of carbonyl (C=O) groups is 4. The van der Waals surface area contributed by atoms with Gasteiger partial charge in [-0.1, -0.05) is 155 Å². The second-order valence-corrected chi connectivity index (χ2v) is 16.2. The summed E-state index contributed by atoms with van der Waals surface area (Å²) in [6.45, 7) is 5.54. The summed E-state index contributed by atoms with van der Waals surface area (Å²) in [4.78, 5) is 44.2. The van der Waals surface area contributed by atoms with Gasteiger partial charge in [-0.2, -0.15) is 0 Å². The lowest BCUT2D eigenvalue weighted by molar-refractivity contribution is -0.141. The first-order chi connectivity index (χ1) is 24.5. The van der Waals surface area contributed by atoms with Gasteiger partial charge in [-0.25, -0.2) is 0 Å². The van der Waals surface area contributed by atoms with Crippen LogP contribution in [-0.2, 0) is 19.2 Å². The number of rotatable bonds is 27. The number of nitrogens with two attached hydrogens (primary N) is 1. The van der Waals surface area contributed by atoms with E-state index in [1.807, 2.05) is 0 Å². The zero-order chi connectivity index (χ0) is 38.1. The lowest BCUT2D eigenvalue weighted by atomic mass is 9.71. The highest BCUT2D eigenvalue weighted by Crippen LogP contribution is 2.39. The molecule has 9 heteroatoms. The number of aliphatic carboxylic acids is 2. The average molecular weight is 744 g/mol. The maximum absolute atomic E-state index is 12.1. The zero-order valence-electron chi connectivity index (χ0n) is 33.0. The van der Waals surface area contributed by atoms with Crippen LogP contribution in [0.2, 0.25) is 0 Å². The van der Waals surface area contributed by atoms with Crippen molar-refractivity contribution in [3.8, 4) is 0 Å². The van der Waals surface area contributed by atoms with Crippen molar-refractivity contribution in [3.05, 3.63) is 0 Å². The molecule has 2 aliphatic rings. The molecule has 8 nitrogen and oxygen atoms in total. The summed E-state index contributed by atoms with van der Waals surface area (Å²) >= 11 is 5.24. The average Bonchev–Trinajstić information content (AvgIpc) is 3.10. The molecule has 1 amide bonds. The summed E-state index contributed by atoms with van der Waals surface area (Å²) in [5.74, 6) is -1.35. The van der Waals surface area contributed by atoms with E-state index in [1.165, 1.54) is 103 Å². The number of hydrogen-bond donors (Lipinski definition) is 4. The van der Waals surface area contributed by atoms with Crippen LogP contribution < -0.4 is 11.1 Å². The number of carboxylic acid groups (broad SMARTS) is 2. The minimum absolute atomic E-state index is 0.0793. The molecule has 0 saturated heterocycles. The van der Waals surface area contributed by atoms with E-state index >= 15 is 0 Å². The van der Waals surface area contributed by atoms with Crippen LogP contribution in [0.15, 0.2) is 0 Å². The van der Waals surface area contributed by atoms with Crippen molar-refractivity contribution in [1.29, 1.82) is 0 Å². The largest absolute Gasteiger partial charge is 0.481 e. The van der Waals surface area contributed by atoms with E-state index in [9.17, 15) is 24.3 Å². The summed E-state index contributed by atoms with van der Waals surface area (Å²) in [5.41, 5.74) is 5.33. The fraction of sp³-hybridized carbons (Fsp3) is 0.905. The van der Waals surface area contributed by atoms with E-state index in [-0.39, 0.29) is 34.8 Å². The predicted molar refractivity (Wildman–Crippen MR) is 212 cm³/mol. The Morgan fingerprint density at radius 2 is 0.902 bits per heavy atom. The summed E-state index contributed by atoms with van der Waals surface area (Å²) in [6.07, 6.45) is 35.1. The molecule has 0 bridgehead atoms. The van der Waals surface area contributed by atoms with Gasteiger partial charge < -0.3 is 21.3 Å². The molecule has 2 aliphatic carbocycles. The Balaban J connectivity index is 0.000000810. The quantitative estimate of drug-likeness (QED) is 0.0484. The minimum Gasteiger partial charge on any atom is -0.481 e. The van der Waals surface area contributed by atoms with E-state index in [0.29, 0.717) is 25.9 Å². The molecule has 2 rings (SSSR count). The maximum Gasteiger partial charge on any atom is 0.303 e. The van der Waals surface area contributed by atoms with Gasteiger partial charge in [0.15, 0.2) is 0 Å². The summed E-state index contributed by atoms with van der Waals surface area (Å²) in [7, 11) is 0. The highest BCUT2D eigenvalue weighted by molar-refractivity contribution is 6.63. The lowest BCUT2D eigenvalue weighted by Gasteiger charge is -2.36. The van der Waals surface area contributed by atoms with Gasteiger partial charge in [0, 0.05) is 19.4 Å². The van der Waals surface area contributed by atoms with Crippen LogP contribution in [0.4, 0.5) is 0 Å². The van der Waals surface area contributed by atoms with Gasteiger partial charge >= 0.3 is 11.9 Å². The van der Waals surface area contributed by atoms with Crippen LogP contribution in [0.25, 0.3) is 0 Å². The Hall–Kier alpha value is -1.67. The summed E-state index contributed by atoms with van der Waals surface area (Å²) in [5, 5.41) is 20.7. The predicted octanol–water partition coefficient (Wildman–Crippen LogP) is 11.5. The molecule has 0 aromatic carbocycles. The monoisotopic (exact) mass is 743 g/mol. The Morgan fingerprint density at radius 3 is 1.27 bits per heavy atom. The number of nitrogens with one attached hydrogen (secondary N) is 1. The highest BCUT2D eigenvalue weighted by Gasteiger charge is 2.35. The molecule has 300 valence electrons. The van der Waals surface area contributed by atoms with Gasteiger partial charge in [0.25, 0.3) is 0 Å². The van der Waals surface area contributed by atoms with Crippen LogP contribution in [0, 0.1) is 10.8 Å². The first kappa shape index (κ1) is 49.3. The van der Waals surface area contributed by atoms with Crippen molar-refractivity contribution in [2.45, 2.75) is 219 Å². The van der Waals surface area contributed by atoms with E-state index in [2.05, 4.69) is 19.2 Å². The van der Waals surface area contributed by atoms with Gasteiger partial charge in [0.1, 0.15) is 0 Å². The van der Waals surface area contributed by atoms with Crippen LogP contribution in [0.3, 0.4) is 0 Å². The van der Waals surface area contributed by atoms with Crippen molar-refractivity contribution in [2.24, 2.45) is 16.6 Å². The molecular formula is C42H79ClN2O6. The minimum atomic E-state index is -0.741. The third kappa shape index (κ3) is 29.5. The number of hydrogen-bond acceptors (Lipinski definition) is 5. The first-order valence-electron chi connectivity index (χ1n) is 21.1. The number of unbranched alkanes of at least 4 members (excludes halogenated alkanes) is 16. The molecule has 0 spiro atoms. The van der Waals surface area contributed by atoms with E-state index in [4.69, 9.17) is 22.4 Å². The number of carboxylic acids is 2. The molecule has 0 aromatic rings. The first-order valence-corrected chi connectivity index (χ1v) is 21.5. The summed E-state index contributed by atoms with van der Waals surface area (Å²) in [6, 6.07) is 0. The fourth-order valence-electron chi connectivity index (χ4n) is 7.66. The highest BCUT2D eigenvalue weighted by atomic mass is 35.5. The molecule has 0 radical (unpaired) electrons. The number of amides is 1. The standard InChI is InChI=1S/C21H39NO3.C12H23ClO.C9H17NO2/c1-2-3-4-5-6-7-8-9-11-14-19(23)22-18-21(17-20(24)25)15-12-10-13-16-21;1-2-3-4-5-6-7-8-9-10-11-12(13)14;10-7-9(6-8(11)12)4-2-1-3-5-9/h2-18H2,1H3,(H,22,23)(H,24,25);2-11H2,1H3;1-7,10H2,(H,11,12). The van der Waals surface area contributed by atoms with Gasteiger partial charge in [-0.15, -0.1) is 0 Å². The van der Waals surface area contributed by atoms with Gasteiger partial charge in [-0.3, -0.25) is 19.2 Å². The number of halogens is 1. The maximum atomic E-state index is 12.1. The molecule has 5 N–H and O–H groups in total. The Morgan fingerprint density at radius 1 is 0.549 bits per heavy atom. The van der Waals surface area contributed by atoms with Gasteiger partial charge in [0.05, 0.1) is 12.8 Å². The SMILES string of the molecule is CCCCCCCCCCCC(=O)Cl.CCCCCCCCCCCC(=O)NCC1(CC(=O)O)CCCCC1.NCC1(CC(=O)O)CCCCC1. The lowest BCUT2D eigenvalue weighted by Crippen LogP contribution is -2.40. The molecule has 0 aromatic heterocycles. The molecule has 0 heterocycles. The molecule has 0 unspecified atom stereocenters. The van der Waals surface area contributed by atoms with E-state index < -0.39 is 11.9 Å². The topological polar surface area (TPSA) is 147 Å². The Bertz CT molecular complexity index is 887. The third-order valence-electron chi connectivity index (χ3n) is 11.0. The van der Waals surface area contributed by atoms with Crippen molar-refractivity contribution < 1.29 is 29.4 Å². The Kier molecular flexibility index (Phi) is 31.9. The molecule has 2 fully saturated rings. The smallest absolute Gasteiger partial charge is 0.303 e. The summed E-state index contributed by atoms with van der Waals surface area (Å²) < 4.78 is 0.